The number of guanidine groups is 1. The van der Waals surface area contributed by atoms with Gasteiger partial charge >= 0.3 is 0 Å². The summed E-state index contributed by atoms with van der Waals surface area (Å²) < 4.78 is 5.44. The highest BCUT2D eigenvalue weighted by Crippen LogP contribution is 2.00. The lowest BCUT2D eigenvalue weighted by Crippen LogP contribution is -2.35. The van der Waals surface area contributed by atoms with Gasteiger partial charge in [0.1, 0.15) is 0 Å². The zero-order chi connectivity index (χ0) is 19.6. The molecule has 0 fully saturated rings. The van der Waals surface area contributed by atoms with Crippen LogP contribution in [0.2, 0.25) is 0 Å². The quantitative estimate of drug-likeness (QED) is 0.425. The molecule has 26 heavy (non-hydrogen) atoms. The molecule has 1 aromatic carbocycles. The van der Waals surface area contributed by atoms with E-state index in [-0.39, 0.29) is 0 Å². The molecule has 0 aliphatic carbocycles. The molecule has 0 aromatic heterocycles. The number of ether oxygens (including phenoxy) is 1. The van der Waals surface area contributed by atoms with Crippen molar-refractivity contribution in [2.45, 2.75) is 33.3 Å². The number of nitrogens with zero attached hydrogens (tertiary/aromatic N) is 3. The first-order valence-corrected chi connectivity index (χ1v) is 8.91. The third-order valence-corrected chi connectivity index (χ3v) is 3.65. The minimum atomic E-state index is 0.616. The van der Waals surface area contributed by atoms with Gasteiger partial charge in [0, 0.05) is 46.2 Å². The largest absolute Gasteiger partial charge is 0.371 e. The maximum absolute atomic E-state index is 5.44. The number of hydrogen-bond donors (Lipinski definition) is 2. The Morgan fingerprint density at radius 2 is 1.62 bits per heavy atom. The van der Waals surface area contributed by atoms with Crippen LogP contribution in [0.1, 0.15) is 32.3 Å². The Labute approximate surface area is 158 Å². The highest BCUT2D eigenvalue weighted by atomic mass is 16.5. The molecule has 6 heteroatoms. The Balaban J connectivity index is 0.000000481. The Morgan fingerprint density at radius 3 is 2.15 bits per heavy atom. The molecule has 0 saturated carbocycles. The molecule has 0 heterocycles. The first-order valence-electron chi connectivity index (χ1n) is 8.91. The highest BCUT2D eigenvalue weighted by Gasteiger charge is 1.94. The molecule has 0 aliphatic rings. The van der Waals surface area contributed by atoms with Gasteiger partial charge < -0.3 is 15.4 Å². The van der Waals surface area contributed by atoms with Gasteiger partial charge in [-0.15, -0.1) is 0 Å². The first kappa shape index (κ1) is 23.8. The first-order chi connectivity index (χ1) is 12.6. The van der Waals surface area contributed by atoms with Gasteiger partial charge in [0.2, 0.25) is 0 Å². The fourth-order valence-electron chi connectivity index (χ4n) is 1.90. The maximum Gasteiger partial charge on any atom is 0.190 e. The minimum Gasteiger partial charge on any atom is -0.371 e. The Kier molecular flexibility index (Phi) is 14.9. The third kappa shape index (κ3) is 13.1. The standard InChI is InChI=1S/C11H15NO.C9H20N4/c1-10(12-2)8-13-9-11-6-4-3-5-7-11;1-8(10-2)6-5-7-13-9(11-3)12-4/h3-7H,8-9H2,1-2H3;5-7H2,1-4H3,(H2,11,12,13). The van der Waals surface area contributed by atoms with E-state index in [1.54, 1.807) is 14.1 Å². The lowest BCUT2D eigenvalue weighted by atomic mass is 10.2. The number of benzene rings is 1. The van der Waals surface area contributed by atoms with Gasteiger partial charge in [0.25, 0.3) is 0 Å². The molecule has 0 radical (unpaired) electrons. The van der Waals surface area contributed by atoms with Gasteiger partial charge in [-0.3, -0.25) is 15.0 Å². The smallest absolute Gasteiger partial charge is 0.190 e. The number of rotatable bonds is 8. The highest BCUT2D eigenvalue weighted by molar-refractivity contribution is 5.83. The fraction of sp³-hybridized carbons (Fsp3) is 0.550. The van der Waals surface area contributed by atoms with Gasteiger partial charge in [0.15, 0.2) is 5.96 Å². The third-order valence-electron chi connectivity index (χ3n) is 3.65. The van der Waals surface area contributed by atoms with Crippen molar-refractivity contribution in [3.63, 3.8) is 0 Å². The number of hydrogen-bond acceptors (Lipinski definition) is 4. The molecule has 0 amide bonds. The van der Waals surface area contributed by atoms with E-state index in [4.69, 9.17) is 4.74 Å². The molecule has 0 unspecified atom stereocenters. The maximum atomic E-state index is 5.44. The van der Waals surface area contributed by atoms with Gasteiger partial charge in [-0.2, -0.15) is 0 Å². The van der Waals surface area contributed by atoms with E-state index in [9.17, 15) is 0 Å². The number of nitrogens with one attached hydrogen (secondary N) is 2. The second kappa shape index (κ2) is 16.3. The molecule has 0 saturated heterocycles. The second-order valence-corrected chi connectivity index (χ2v) is 5.75. The molecular weight excluding hydrogens is 326 g/mol. The molecule has 1 aromatic rings. The van der Waals surface area contributed by atoms with E-state index in [0.29, 0.717) is 13.2 Å². The molecule has 0 spiro atoms. The van der Waals surface area contributed by atoms with Crippen LogP contribution >= 0.6 is 0 Å². The SMILES string of the molecule is CN=C(C)CCCNC(=NC)NC.CN=C(C)COCc1ccccc1. The topological polar surface area (TPSA) is 70.4 Å². The van der Waals surface area contributed by atoms with E-state index >= 15 is 0 Å². The van der Waals surface area contributed by atoms with Gasteiger partial charge in [0.05, 0.1) is 13.2 Å². The normalized spacial score (nSPS) is 12.3. The average Bonchev–Trinajstić information content (AvgIpc) is 2.69. The van der Waals surface area contributed by atoms with E-state index < -0.39 is 0 Å². The summed E-state index contributed by atoms with van der Waals surface area (Å²) in [6.07, 6.45) is 2.13. The average molecular weight is 362 g/mol. The molecule has 1 rings (SSSR count). The van der Waals surface area contributed by atoms with Crippen molar-refractivity contribution in [3.8, 4) is 0 Å². The molecular formula is C20H35N5O. The summed E-state index contributed by atoms with van der Waals surface area (Å²) in [5, 5.41) is 6.14. The van der Waals surface area contributed by atoms with Crippen molar-refractivity contribution >= 4 is 17.4 Å². The van der Waals surface area contributed by atoms with Crippen LogP contribution in [0, 0.1) is 0 Å². The van der Waals surface area contributed by atoms with Crippen molar-refractivity contribution in [2.75, 3.05) is 41.3 Å². The van der Waals surface area contributed by atoms with Crippen molar-refractivity contribution in [1.29, 1.82) is 0 Å². The van der Waals surface area contributed by atoms with Crippen LogP contribution in [0.4, 0.5) is 0 Å². The fourth-order valence-corrected chi connectivity index (χ4v) is 1.90. The molecule has 6 nitrogen and oxygen atoms in total. The molecule has 0 bridgehead atoms. The second-order valence-electron chi connectivity index (χ2n) is 5.75. The summed E-state index contributed by atoms with van der Waals surface area (Å²) >= 11 is 0. The summed E-state index contributed by atoms with van der Waals surface area (Å²) in [5.41, 5.74) is 3.42. The minimum absolute atomic E-state index is 0.616. The lowest BCUT2D eigenvalue weighted by Gasteiger charge is -2.07. The van der Waals surface area contributed by atoms with Crippen molar-refractivity contribution in [1.82, 2.24) is 10.6 Å². The van der Waals surface area contributed by atoms with Gasteiger partial charge in [-0.1, -0.05) is 30.3 Å². The summed E-state index contributed by atoms with van der Waals surface area (Å²) in [4.78, 5) is 12.1. The van der Waals surface area contributed by atoms with Crippen LogP contribution in [-0.4, -0.2) is 58.7 Å². The van der Waals surface area contributed by atoms with E-state index in [0.717, 1.165) is 31.1 Å². The van der Waals surface area contributed by atoms with E-state index in [2.05, 4.69) is 37.7 Å². The van der Waals surface area contributed by atoms with Crippen LogP contribution in [-0.2, 0) is 11.3 Å². The Bertz CT molecular complexity index is 553. The summed E-state index contributed by atoms with van der Waals surface area (Å²) in [6, 6.07) is 10.1. The van der Waals surface area contributed by atoms with Crippen molar-refractivity contribution in [2.24, 2.45) is 15.0 Å². The zero-order valence-corrected chi connectivity index (χ0v) is 17.2. The molecule has 0 atom stereocenters. The molecule has 0 aliphatic heterocycles. The summed E-state index contributed by atoms with van der Waals surface area (Å²) in [5.74, 6) is 0.839. The monoisotopic (exact) mass is 361 g/mol. The van der Waals surface area contributed by atoms with E-state index in [1.165, 1.54) is 11.3 Å². The van der Waals surface area contributed by atoms with Gasteiger partial charge in [-0.25, -0.2) is 0 Å². The van der Waals surface area contributed by atoms with Crippen LogP contribution in [0.25, 0.3) is 0 Å². The zero-order valence-electron chi connectivity index (χ0n) is 17.2. The predicted octanol–water partition coefficient (Wildman–Crippen LogP) is 2.95. The summed E-state index contributed by atoms with van der Waals surface area (Å²) in [7, 11) is 7.22. The van der Waals surface area contributed by atoms with Crippen molar-refractivity contribution < 1.29 is 4.74 Å². The molecule has 2 N–H and O–H groups in total. The van der Waals surface area contributed by atoms with Crippen LogP contribution < -0.4 is 10.6 Å². The number of aliphatic imine (C=N–C) groups is 3. The Hall–Kier alpha value is -2.21. The van der Waals surface area contributed by atoms with Crippen LogP contribution in [0.3, 0.4) is 0 Å². The van der Waals surface area contributed by atoms with Crippen LogP contribution in [0.15, 0.2) is 45.3 Å². The predicted molar refractivity (Wildman–Crippen MR) is 114 cm³/mol. The van der Waals surface area contributed by atoms with E-state index in [1.807, 2.05) is 46.1 Å². The van der Waals surface area contributed by atoms with Gasteiger partial charge in [-0.05, 0) is 32.3 Å². The molecule has 146 valence electrons. The summed E-state index contributed by atoms with van der Waals surface area (Å²) in [6.45, 7) is 6.22. The van der Waals surface area contributed by atoms with Crippen molar-refractivity contribution in [3.05, 3.63) is 35.9 Å². The lowest BCUT2D eigenvalue weighted by molar-refractivity contribution is 0.157. The van der Waals surface area contributed by atoms with Crippen LogP contribution in [0.5, 0.6) is 0 Å². The Morgan fingerprint density at radius 1 is 0.962 bits per heavy atom.